The molecule has 7 nitrogen and oxygen atoms in total. The van der Waals surface area contributed by atoms with Gasteiger partial charge < -0.3 is 24.4 Å². The van der Waals surface area contributed by atoms with E-state index in [0.29, 0.717) is 13.1 Å². The summed E-state index contributed by atoms with van der Waals surface area (Å²) in [7, 11) is -0.672. The Labute approximate surface area is 251 Å². The molecule has 3 heterocycles. The Balaban J connectivity index is 1.61. The summed E-state index contributed by atoms with van der Waals surface area (Å²) >= 11 is 2.29. The highest BCUT2D eigenvalue weighted by molar-refractivity contribution is 14.1. The molecule has 2 fully saturated rings. The highest BCUT2D eigenvalue weighted by atomic mass is 127. The van der Waals surface area contributed by atoms with Gasteiger partial charge in [0.1, 0.15) is 5.75 Å². The second-order valence-electron chi connectivity index (χ2n) is 11.8. The monoisotopic (exact) mass is 674 g/mol. The Hall–Kier alpha value is -2.21. The molecule has 2 aromatic carbocycles. The molecule has 0 radical (unpaired) electrons. The van der Waals surface area contributed by atoms with Crippen LogP contribution in [0, 0.1) is 9.49 Å². The van der Waals surface area contributed by atoms with Crippen LogP contribution in [0.3, 0.4) is 0 Å². The van der Waals surface area contributed by atoms with Gasteiger partial charge >= 0.3 is 0 Å². The van der Waals surface area contributed by atoms with Gasteiger partial charge in [0.25, 0.3) is 5.91 Å². The Kier molecular flexibility index (Phi) is 8.22. The Morgan fingerprint density at radius 2 is 2.00 bits per heavy atom. The lowest BCUT2D eigenvalue weighted by molar-refractivity contribution is -0.149. The number of carbonyl (C=O) groups excluding carboxylic acids is 2. The molecule has 0 unspecified atom stereocenters. The number of fused-ring (bicyclic) bond motifs is 2. The van der Waals surface area contributed by atoms with E-state index in [-0.39, 0.29) is 42.3 Å². The van der Waals surface area contributed by atoms with Gasteiger partial charge in [0.05, 0.1) is 46.0 Å². The zero-order chi connectivity index (χ0) is 28.8. The minimum absolute atomic E-state index is 0.00779. The van der Waals surface area contributed by atoms with E-state index in [2.05, 4.69) is 67.4 Å². The number of amides is 2. The first-order valence-electron chi connectivity index (χ1n) is 14.1. The molecule has 2 amide bonds. The van der Waals surface area contributed by atoms with Gasteiger partial charge in [-0.2, -0.15) is 0 Å². The standard InChI is InChI=1S/C31H39IN2O5Si/c1-6-15-34-26-14-9-21(32)17-25(26)31(30(34)37)20(2)29(40(4,5)24-12-10-23(38-3)11-13-24)27(39-31)18-28(36)33-16-7-8-22(33)19-35/h6,9-14,17,20,22,27,29,35H,1,7-8,15-16,18-19H2,2-5H3/t20-,22+,27+,29-,31+/m1/s1. The maximum atomic E-state index is 14.4. The number of hydrogen-bond acceptors (Lipinski definition) is 5. The number of benzene rings is 2. The number of hydrogen-bond donors (Lipinski definition) is 1. The molecule has 0 aliphatic carbocycles. The van der Waals surface area contributed by atoms with Crippen molar-refractivity contribution in [2.45, 2.75) is 62.6 Å². The average molecular weight is 675 g/mol. The van der Waals surface area contributed by atoms with Crippen molar-refractivity contribution >= 4 is 53.4 Å². The van der Waals surface area contributed by atoms with Crippen LogP contribution in [-0.2, 0) is 19.9 Å². The second kappa shape index (κ2) is 11.2. The molecule has 2 saturated heterocycles. The molecule has 9 heteroatoms. The molecular formula is C31H39IN2O5Si. The van der Waals surface area contributed by atoms with Crippen LogP contribution in [0.25, 0.3) is 0 Å². The Morgan fingerprint density at radius 3 is 2.65 bits per heavy atom. The summed E-state index contributed by atoms with van der Waals surface area (Å²) in [6.45, 7) is 11.7. The van der Waals surface area contributed by atoms with Gasteiger partial charge in [-0.3, -0.25) is 9.59 Å². The third kappa shape index (κ3) is 4.62. The van der Waals surface area contributed by atoms with Crippen molar-refractivity contribution in [1.82, 2.24) is 4.90 Å². The van der Waals surface area contributed by atoms with Gasteiger partial charge in [-0.05, 0) is 71.3 Å². The summed E-state index contributed by atoms with van der Waals surface area (Å²) < 4.78 is 13.5. The topological polar surface area (TPSA) is 79.3 Å². The van der Waals surface area contributed by atoms with Crippen LogP contribution in [0.5, 0.6) is 5.75 Å². The zero-order valence-electron chi connectivity index (χ0n) is 23.7. The largest absolute Gasteiger partial charge is 0.497 e. The van der Waals surface area contributed by atoms with Gasteiger partial charge in [-0.1, -0.05) is 43.4 Å². The summed E-state index contributed by atoms with van der Waals surface area (Å²) in [5.74, 6) is 0.545. The smallest absolute Gasteiger partial charge is 0.264 e. The van der Waals surface area contributed by atoms with E-state index in [9.17, 15) is 14.7 Å². The molecule has 1 N–H and O–H groups in total. The number of nitrogens with zero attached hydrogens (tertiary/aromatic N) is 2. The van der Waals surface area contributed by atoms with Gasteiger partial charge in [-0.25, -0.2) is 0 Å². The number of anilines is 1. The van der Waals surface area contributed by atoms with E-state index in [1.165, 1.54) is 5.19 Å². The number of rotatable bonds is 8. The summed E-state index contributed by atoms with van der Waals surface area (Å²) in [6.07, 6.45) is 3.19. The van der Waals surface area contributed by atoms with Crippen molar-refractivity contribution < 1.29 is 24.2 Å². The summed E-state index contributed by atoms with van der Waals surface area (Å²) in [5, 5.41) is 11.1. The molecule has 0 aromatic heterocycles. The Bertz CT molecular complexity index is 1300. The first-order chi connectivity index (χ1) is 19.1. The van der Waals surface area contributed by atoms with Gasteiger partial charge in [-0.15, -0.1) is 6.58 Å². The van der Waals surface area contributed by atoms with Gasteiger partial charge in [0, 0.05) is 28.1 Å². The van der Waals surface area contributed by atoms with Crippen LogP contribution in [0.15, 0.2) is 55.1 Å². The molecule has 0 saturated carbocycles. The van der Waals surface area contributed by atoms with Crippen LogP contribution < -0.4 is 14.8 Å². The first-order valence-corrected chi connectivity index (χ1v) is 18.2. The zero-order valence-corrected chi connectivity index (χ0v) is 26.9. The molecule has 5 rings (SSSR count). The van der Waals surface area contributed by atoms with E-state index >= 15 is 0 Å². The lowest BCUT2D eigenvalue weighted by Crippen LogP contribution is -2.52. The van der Waals surface area contributed by atoms with Gasteiger partial charge in [0.2, 0.25) is 5.91 Å². The molecule has 1 spiro atoms. The number of halogens is 1. The molecule has 2 aromatic rings. The minimum Gasteiger partial charge on any atom is -0.497 e. The summed E-state index contributed by atoms with van der Waals surface area (Å²) in [6, 6.07) is 14.2. The average Bonchev–Trinajstić information content (AvgIpc) is 3.60. The van der Waals surface area contributed by atoms with E-state index in [4.69, 9.17) is 9.47 Å². The van der Waals surface area contributed by atoms with E-state index in [1.54, 1.807) is 18.1 Å². The predicted octanol–water partition coefficient (Wildman–Crippen LogP) is 4.42. The fourth-order valence-corrected chi connectivity index (χ4v) is 11.9. The minimum atomic E-state index is -2.33. The quantitative estimate of drug-likeness (QED) is 0.255. The fourth-order valence-electron chi connectivity index (χ4n) is 7.44. The van der Waals surface area contributed by atoms with Crippen LogP contribution >= 0.6 is 22.6 Å². The number of aliphatic hydroxyl groups is 1. The second-order valence-corrected chi connectivity index (χ2v) is 17.7. The highest BCUT2D eigenvalue weighted by Crippen LogP contribution is 2.60. The number of aliphatic hydroxyl groups excluding tert-OH is 1. The van der Waals surface area contributed by atoms with E-state index < -0.39 is 19.8 Å². The van der Waals surface area contributed by atoms with Crippen molar-refractivity contribution in [1.29, 1.82) is 0 Å². The molecule has 5 atom stereocenters. The van der Waals surface area contributed by atoms with Gasteiger partial charge in [0.15, 0.2) is 5.60 Å². The lowest BCUT2D eigenvalue weighted by Gasteiger charge is -2.37. The third-order valence-corrected chi connectivity index (χ3v) is 14.4. The number of likely N-dealkylation sites (tertiary alicyclic amines) is 1. The summed E-state index contributed by atoms with van der Waals surface area (Å²) in [4.78, 5) is 31.7. The highest BCUT2D eigenvalue weighted by Gasteiger charge is 2.66. The van der Waals surface area contributed by atoms with Crippen LogP contribution in [0.2, 0.25) is 18.6 Å². The van der Waals surface area contributed by atoms with Crippen LogP contribution in [-0.4, -0.2) is 68.8 Å². The first kappa shape index (κ1) is 29.3. The molecule has 3 aliphatic heterocycles. The van der Waals surface area contributed by atoms with Crippen molar-refractivity contribution in [3.63, 3.8) is 0 Å². The maximum absolute atomic E-state index is 14.4. The normalized spacial score (nSPS) is 27.9. The molecule has 0 bridgehead atoms. The number of ether oxygens (including phenoxy) is 2. The SMILES string of the molecule is C=CCN1C(=O)[C@@]2(O[C@@H](CC(=O)N3CCC[C@H]3CO)[C@H]([Si](C)(C)c3ccc(OC)cc3)[C@H]2C)c2cc(I)ccc21. The predicted molar refractivity (Wildman–Crippen MR) is 168 cm³/mol. The van der Waals surface area contributed by atoms with Crippen molar-refractivity contribution in [2.24, 2.45) is 5.92 Å². The van der Waals surface area contributed by atoms with Crippen molar-refractivity contribution in [2.75, 3.05) is 31.7 Å². The maximum Gasteiger partial charge on any atom is 0.264 e. The summed E-state index contributed by atoms with van der Waals surface area (Å²) in [5.41, 5.74) is 0.547. The van der Waals surface area contributed by atoms with Crippen molar-refractivity contribution in [3.05, 3.63) is 64.3 Å². The number of methoxy groups -OCH3 is 1. The fraction of sp³-hybridized carbons (Fsp3) is 0.484. The lowest BCUT2D eigenvalue weighted by atomic mass is 9.82. The number of carbonyl (C=O) groups is 2. The van der Waals surface area contributed by atoms with E-state index in [0.717, 1.165) is 33.4 Å². The van der Waals surface area contributed by atoms with E-state index in [1.807, 2.05) is 29.2 Å². The third-order valence-electron chi connectivity index (χ3n) is 9.39. The van der Waals surface area contributed by atoms with Crippen molar-refractivity contribution in [3.8, 4) is 5.75 Å². The van der Waals surface area contributed by atoms with Crippen LogP contribution in [0.1, 0.15) is 31.7 Å². The Morgan fingerprint density at radius 1 is 1.27 bits per heavy atom. The molecule has 40 heavy (non-hydrogen) atoms. The molecule has 3 aliphatic rings. The van der Waals surface area contributed by atoms with Crippen LogP contribution in [0.4, 0.5) is 5.69 Å². The molecular weight excluding hydrogens is 635 g/mol. The molecule has 214 valence electrons.